The van der Waals surface area contributed by atoms with E-state index in [4.69, 9.17) is 13.9 Å². The molecule has 1 N–H and O–H groups in total. The Morgan fingerprint density at radius 1 is 1.13 bits per heavy atom. The molecule has 8 nitrogen and oxygen atoms in total. The lowest BCUT2D eigenvalue weighted by Crippen LogP contribution is -2.45. The normalized spacial score (nSPS) is 12.9. The standard InChI is InChI=1S/C22H25N3O5S/c1-5-28-16-10-8-15(9-11-16)19(26)23-18(13(2)3)22(27)29-14(4)20-24-25-21(30-20)17-7-6-12-31-17/h6-14,18H,5H2,1-4H3,(H,23,26)/t14?,18-/m0/s1. The molecule has 0 spiro atoms. The third kappa shape index (κ3) is 5.69. The van der Waals surface area contributed by atoms with Crippen molar-refractivity contribution in [2.75, 3.05) is 6.61 Å². The molecule has 1 unspecified atom stereocenters. The number of nitrogens with zero attached hydrogens (tertiary/aromatic N) is 2. The number of ether oxygens (including phenoxy) is 2. The number of rotatable bonds is 9. The number of esters is 1. The quantitative estimate of drug-likeness (QED) is 0.493. The Kier molecular flexibility index (Phi) is 7.41. The fourth-order valence-corrected chi connectivity index (χ4v) is 3.43. The van der Waals surface area contributed by atoms with Gasteiger partial charge in [0.25, 0.3) is 17.7 Å². The van der Waals surface area contributed by atoms with Crippen molar-refractivity contribution in [1.82, 2.24) is 15.5 Å². The summed E-state index contributed by atoms with van der Waals surface area (Å²) in [6, 6.07) is 9.64. The summed E-state index contributed by atoms with van der Waals surface area (Å²) in [6.07, 6.45) is -0.752. The third-order valence-electron chi connectivity index (χ3n) is 4.45. The number of nitrogens with one attached hydrogen (secondary N) is 1. The number of amides is 1. The van der Waals surface area contributed by atoms with Crippen LogP contribution >= 0.6 is 11.3 Å². The smallest absolute Gasteiger partial charge is 0.329 e. The molecule has 1 amide bonds. The molecule has 2 aromatic heterocycles. The summed E-state index contributed by atoms with van der Waals surface area (Å²) < 4.78 is 16.5. The van der Waals surface area contributed by atoms with Crippen LogP contribution < -0.4 is 10.1 Å². The number of benzene rings is 1. The van der Waals surface area contributed by atoms with E-state index in [2.05, 4.69) is 15.5 Å². The maximum atomic E-state index is 12.8. The molecular formula is C22H25N3O5S. The molecule has 0 aliphatic rings. The monoisotopic (exact) mass is 443 g/mol. The maximum absolute atomic E-state index is 12.8. The summed E-state index contributed by atoms with van der Waals surface area (Å²) in [6.45, 7) is 7.74. The lowest BCUT2D eigenvalue weighted by atomic mass is 10.0. The van der Waals surface area contributed by atoms with Gasteiger partial charge in [-0.2, -0.15) is 0 Å². The Morgan fingerprint density at radius 2 is 1.87 bits per heavy atom. The van der Waals surface area contributed by atoms with Crippen molar-refractivity contribution < 1.29 is 23.5 Å². The van der Waals surface area contributed by atoms with Gasteiger partial charge in [-0.3, -0.25) is 4.79 Å². The second-order valence-corrected chi connectivity index (χ2v) is 8.10. The van der Waals surface area contributed by atoms with E-state index in [0.29, 0.717) is 23.8 Å². The Labute approximate surface area is 184 Å². The first kappa shape index (κ1) is 22.5. The van der Waals surface area contributed by atoms with Gasteiger partial charge in [0.15, 0.2) is 6.10 Å². The van der Waals surface area contributed by atoms with Crippen LogP contribution in [0.4, 0.5) is 0 Å². The summed E-state index contributed by atoms with van der Waals surface area (Å²) in [5.74, 6) is 0.112. The van der Waals surface area contributed by atoms with Gasteiger partial charge in [0, 0.05) is 5.56 Å². The van der Waals surface area contributed by atoms with E-state index in [1.165, 1.54) is 11.3 Å². The average molecular weight is 444 g/mol. The van der Waals surface area contributed by atoms with Crippen molar-refractivity contribution in [2.24, 2.45) is 5.92 Å². The fraction of sp³-hybridized carbons (Fsp3) is 0.364. The van der Waals surface area contributed by atoms with Gasteiger partial charge in [-0.25, -0.2) is 4.79 Å². The molecule has 0 saturated heterocycles. The minimum absolute atomic E-state index is 0.185. The largest absolute Gasteiger partial charge is 0.494 e. The number of carbonyl (C=O) groups is 2. The molecule has 9 heteroatoms. The summed E-state index contributed by atoms with van der Waals surface area (Å²) in [4.78, 5) is 26.2. The van der Waals surface area contributed by atoms with E-state index in [1.807, 2.05) is 38.3 Å². The van der Waals surface area contributed by atoms with E-state index in [1.54, 1.807) is 31.2 Å². The van der Waals surface area contributed by atoms with E-state index >= 15 is 0 Å². The van der Waals surface area contributed by atoms with Crippen molar-refractivity contribution in [1.29, 1.82) is 0 Å². The number of carbonyl (C=O) groups excluding carboxylic acids is 2. The Bertz CT molecular complexity index is 999. The minimum Gasteiger partial charge on any atom is -0.494 e. The number of hydrogen-bond donors (Lipinski definition) is 1. The van der Waals surface area contributed by atoms with Crippen LogP contribution in [0.15, 0.2) is 46.2 Å². The van der Waals surface area contributed by atoms with Gasteiger partial charge in [0.2, 0.25) is 0 Å². The summed E-state index contributed by atoms with van der Waals surface area (Å²) >= 11 is 1.47. The molecule has 1 aromatic carbocycles. The number of aromatic nitrogens is 2. The number of hydrogen-bond acceptors (Lipinski definition) is 8. The molecule has 0 aliphatic carbocycles. The molecule has 164 valence electrons. The summed E-state index contributed by atoms with van der Waals surface area (Å²) in [7, 11) is 0. The lowest BCUT2D eigenvalue weighted by molar-refractivity contribution is -0.153. The SMILES string of the molecule is CCOc1ccc(C(=O)N[C@H](C(=O)OC(C)c2nnc(-c3cccs3)o2)C(C)C)cc1. The van der Waals surface area contributed by atoms with Gasteiger partial charge in [-0.15, -0.1) is 21.5 Å². The molecule has 0 fully saturated rings. The molecule has 3 rings (SSSR count). The zero-order chi connectivity index (χ0) is 22.4. The fourth-order valence-electron chi connectivity index (χ4n) is 2.79. The second kappa shape index (κ2) is 10.2. The van der Waals surface area contributed by atoms with E-state index in [9.17, 15) is 9.59 Å². The zero-order valence-corrected chi connectivity index (χ0v) is 18.6. The molecule has 31 heavy (non-hydrogen) atoms. The highest BCUT2D eigenvalue weighted by Gasteiger charge is 2.29. The molecule has 0 bridgehead atoms. The van der Waals surface area contributed by atoms with Crippen LogP contribution in [0, 0.1) is 5.92 Å². The van der Waals surface area contributed by atoms with Crippen molar-refractivity contribution in [3.05, 3.63) is 53.2 Å². The molecule has 3 aromatic rings. The second-order valence-electron chi connectivity index (χ2n) is 7.15. The number of thiophene rings is 1. The van der Waals surface area contributed by atoms with Crippen molar-refractivity contribution in [3.63, 3.8) is 0 Å². The Balaban J connectivity index is 1.64. The van der Waals surface area contributed by atoms with Crippen molar-refractivity contribution in [2.45, 2.75) is 39.8 Å². The highest BCUT2D eigenvalue weighted by Crippen LogP contribution is 2.26. The van der Waals surface area contributed by atoms with Gasteiger partial charge >= 0.3 is 5.97 Å². The average Bonchev–Trinajstić information content (AvgIpc) is 3.44. The Hall–Kier alpha value is -3.20. The van der Waals surface area contributed by atoms with Crippen LogP contribution in [0.25, 0.3) is 10.8 Å². The minimum atomic E-state index is -0.832. The van der Waals surface area contributed by atoms with Crippen LogP contribution in [0.3, 0.4) is 0 Å². The van der Waals surface area contributed by atoms with Crippen LogP contribution in [0.1, 0.15) is 50.0 Å². The first-order valence-electron chi connectivity index (χ1n) is 10.0. The van der Waals surface area contributed by atoms with Crippen LogP contribution in [-0.2, 0) is 9.53 Å². The highest BCUT2D eigenvalue weighted by atomic mass is 32.1. The van der Waals surface area contributed by atoms with E-state index < -0.39 is 18.1 Å². The molecule has 2 heterocycles. The van der Waals surface area contributed by atoms with Crippen LogP contribution in [-0.4, -0.2) is 34.7 Å². The molecule has 0 aliphatic heterocycles. The molecular weight excluding hydrogens is 418 g/mol. The van der Waals surface area contributed by atoms with Gasteiger partial charge in [-0.05, 0) is 55.5 Å². The zero-order valence-electron chi connectivity index (χ0n) is 17.8. The van der Waals surface area contributed by atoms with Crippen LogP contribution in [0.5, 0.6) is 5.75 Å². The first-order valence-corrected chi connectivity index (χ1v) is 10.9. The molecule has 0 radical (unpaired) electrons. The van der Waals surface area contributed by atoms with E-state index in [-0.39, 0.29) is 17.7 Å². The molecule has 0 saturated carbocycles. The predicted octanol–water partition coefficient (Wildman–Crippen LogP) is 4.26. The topological polar surface area (TPSA) is 104 Å². The predicted molar refractivity (Wildman–Crippen MR) is 116 cm³/mol. The van der Waals surface area contributed by atoms with E-state index in [0.717, 1.165) is 4.88 Å². The van der Waals surface area contributed by atoms with Crippen LogP contribution in [0.2, 0.25) is 0 Å². The summed E-state index contributed by atoms with van der Waals surface area (Å²) in [5.41, 5.74) is 0.424. The molecule has 2 atom stereocenters. The highest BCUT2D eigenvalue weighted by molar-refractivity contribution is 7.13. The van der Waals surface area contributed by atoms with Gasteiger partial charge in [0.05, 0.1) is 11.5 Å². The lowest BCUT2D eigenvalue weighted by Gasteiger charge is -2.22. The van der Waals surface area contributed by atoms with Crippen molar-refractivity contribution >= 4 is 23.2 Å². The van der Waals surface area contributed by atoms with Crippen molar-refractivity contribution in [3.8, 4) is 16.5 Å². The maximum Gasteiger partial charge on any atom is 0.329 e. The first-order chi connectivity index (χ1) is 14.9. The Morgan fingerprint density at radius 3 is 2.48 bits per heavy atom. The van der Waals surface area contributed by atoms with Gasteiger partial charge < -0.3 is 19.2 Å². The third-order valence-corrected chi connectivity index (χ3v) is 5.31. The van der Waals surface area contributed by atoms with Gasteiger partial charge in [0.1, 0.15) is 11.8 Å². The summed E-state index contributed by atoms with van der Waals surface area (Å²) in [5, 5.41) is 12.6. The van der Waals surface area contributed by atoms with Gasteiger partial charge in [-0.1, -0.05) is 19.9 Å².